The molecule has 3 N–H and O–H groups in total. The van der Waals surface area contributed by atoms with Gasteiger partial charge in [-0.25, -0.2) is 0 Å². The molecular formula is C20H27ClN2O2. The monoisotopic (exact) mass is 362 g/mol. The van der Waals surface area contributed by atoms with Gasteiger partial charge in [0.05, 0.1) is 0 Å². The van der Waals surface area contributed by atoms with E-state index >= 15 is 0 Å². The summed E-state index contributed by atoms with van der Waals surface area (Å²) in [5.74, 6) is 0.953. The number of amides is 1. The van der Waals surface area contributed by atoms with Crippen molar-refractivity contribution in [1.82, 2.24) is 5.32 Å². The van der Waals surface area contributed by atoms with Crippen molar-refractivity contribution in [2.45, 2.75) is 38.8 Å². The van der Waals surface area contributed by atoms with Gasteiger partial charge in [-0.05, 0) is 36.1 Å². The van der Waals surface area contributed by atoms with Crippen LogP contribution >= 0.6 is 12.4 Å². The SMILES string of the molecule is CC(Oc1cccc(C(C)C)c1)C(=O)NCC(N)c1ccccc1.Cl. The van der Waals surface area contributed by atoms with Gasteiger partial charge in [-0.1, -0.05) is 56.3 Å². The summed E-state index contributed by atoms with van der Waals surface area (Å²) in [7, 11) is 0. The molecule has 0 spiro atoms. The van der Waals surface area contributed by atoms with Crippen molar-refractivity contribution < 1.29 is 9.53 Å². The van der Waals surface area contributed by atoms with Gasteiger partial charge in [-0.3, -0.25) is 4.79 Å². The largest absolute Gasteiger partial charge is 0.481 e. The van der Waals surface area contributed by atoms with Gasteiger partial charge in [-0.2, -0.15) is 0 Å². The first-order chi connectivity index (χ1) is 11.5. The lowest BCUT2D eigenvalue weighted by Gasteiger charge is -2.18. The number of benzene rings is 2. The number of hydrogen-bond donors (Lipinski definition) is 2. The highest BCUT2D eigenvalue weighted by atomic mass is 35.5. The fraction of sp³-hybridized carbons (Fsp3) is 0.350. The summed E-state index contributed by atoms with van der Waals surface area (Å²) in [5.41, 5.74) is 8.28. The third kappa shape index (κ3) is 6.40. The van der Waals surface area contributed by atoms with Crippen LogP contribution in [0.1, 0.15) is 43.9 Å². The van der Waals surface area contributed by atoms with E-state index in [0.717, 1.165) is 5.56 Å². The van der Waals surface area contributed by atoms with Crippen molar-refractivity contribution in [3.8, 4) is 5.75 Å². The Bertz CT molecular complexity index is 662. The molecule has 136 valence electrons. The lowest BCUT2D eigenvalue weighted by molar-refractivity contribution is -0.127. The Hall–Kier alpha value is -2.04. The van der Waals surface area contributed by atoms with Gasteiger partial charge in [0.1, 0.15) is 5.75 Å². The minimum absolute atomic E-state index is 0. The number of carbonyl (C=O) groups is 1. The topological polar surface area (TPSA) is 64.3 Å². The molecule has 0 aliphatic rings. The Morgan fingerprint density at radius 2 is 1.68 bits per heavy atom. The Morgan fingerprint density at radius 1 is 1.04 bits per heavy atom. The third-order valence-corrected chi connectivity index (χ3v) is 3.93. The maximum absolute atomic E-state index is 12.2. The van der Waals surface area contributed by atoms with Crippen molar-refractivity contribution >= 4 is 18.3 Å². The molecule has 0 saturated carbocycles. The number of nitrogens with one attached hydrogen (secondary N) is 1. The number of halogens is 1. The van der Waals surface area contributed by atoms with Gasteiger partial charge in [0.25, 0.3) is 5.91 Å². The number of ether oxygens (including phenoxy) is 1. The molecule has 5 heteroatoms. The van der Waals surface area contributed by atoms with E-state index in [4.69, 9.17) is 10.5 Å². The van der Waals surface area contributed by atoms with Crippen molar-refractivity contribution in [3.05, 3.63) is 65.7 Å². The Morgan fingerprint density at radius 3 is 2.32 bits per heavy atom. The summed E-state index contributed by atoms with van der Waals surface area (Å²) in [6.07, 6.45) is -0.574. The second kappa shape index (κ2) is 10.1. The third-order valence-electron chi connectivity index (χ3n) is 3.93. The highest BCUT2D eigenvalue weighted by molar-refractivity contribution is 5.85. The molecule has 2 atom stereocenters. The van der Waals surface area contributed by atoms with Crippen LogP contribution < -0.4 is 15.8 Å². The van der Waals surface area contributed by atoms with Gasteiger partial charge in [0.15, 0.2) is 6.10 Å². The average Bonchev–Trinajstić information content (AvgIpc) is 2.60. The lowest BCUT2D eigenvalue weighted by Crippen LogP contribution is -2.39. The first-order valence-electron chi connectivity index (χ1n) is 8.32. The summed E-state index contributed by atoms with van der Waals surface area (Å²) in [4.78, 5) is 12.2. The number of rotatable bonds is 7. The standard InChI is InChI=1S/C20H26N2O2.ClH/c1-14(2)17-10-7-11-18(12-17)24-15(3)20(23)22-13-19(21)16-8-5-4-6-9-16;/h4-12,14-15,19H,13,21H2,1-3H3,(H,22,23);1H. The molecular weight excluding hydrogens is 336 g/mol. The summed E-state index contributed by atoms with van der Waals surface area (Å²) in [6.45, 7) is 6.37. The minimum Gasteiger partial charge on any atom is -0.481 e. The molecule has 0 aliphatic carbocycles. The minimum atomic E-state index is -0.574. The molecule has 0 heterocycles. The molecule has 0 aliphatic heterocycles. The average molecular weight is 363 g/mol. The summed E-state index contributed by atoms with van der Waals surface area (Å²) in [5, 5.41) is 2.85. The van der Waals surface area contributed by atoms with Crippen molar-refractivity contribution in [2.75, 3.05) is 6.54 Å². The van der Waals surface area contributed by atoms with Crippen molar-refractivity contribution in [2.24, 2.45) is 5.73 Å². The number of hydrogen-bond acceptors (Lipinski definition) is 3. The van der Waals surface area contributed by atoms with Crippen molar-refractivity contribution in [1.29, 1.82) is 0 Å². The van der Waals surface area contributed by atoms with Gasteiger partial charge in [0.2, 0.25) is 0 Å². The molecule has 0 fully saturated rings. The van der Waals surface area contributed by atoms with Crippen LogP contribution in [0.4, 0.5) is 0 Å². The zero-order valence-corrected chi connectivity index (χ0v) is 15.8. The van der Waals surface area contributed by atoms with Crippen molar-refractivity contribution in [3.63, 3.8) is 0 Å². The maximum atomic E-state index is 12.2. The first-order valence-corrected chi connectivity index (χ1v) is 8.32. The molecule has 25 heavy (non-hydrogen) atoms. The van der Waals surface area contributed by atoms with Crippen LogP contribution in [0.25, 0.3) is 0 Å². The molecule has 0 aromatic heterocycles. The van der Waals surface area contributed by atoms with E-state index in [9.17, 15) is 4.79 Å². The quantitative estimate of drug-likeness (QED) is 0.787. The van der Waals surface area contributed by atoms with E-state index in [1.165, 1.54) is 5.56 Å². The van der Waals surface area contributed by atoms with E-state index in [2.05, 4.69) is 25.2 Å². The van der Waals surface area contributed by atoms with E-state index in [-0.39, 0.29) is 24.4 Å². The number of carbonyl (C=O) groups excluding carboxylic acids is 1. The molecule has 0 radical (unpaired) electrons. The molecule has 2 aromatic carbocycles. The Balaban J connectivity index is 0.00000312. The van der Waals surface area contributed by atoms with Gasteiger partial charge in [0, 0.05) is 12.6 Å². The molecule has 4 nitrogen and oxygen atoms in total. The maximum Gasteiger partial charge on any atom is 0.260 e. The summed E-state index contributed by atoms with van der Waals surface area (Å²) in [6, 6.07) is 17.3. The fourth-order valence-corrected chi connectivity index (χ4v) is 2.38. The predicted molar refractivity (Wildman–Crippen MR) is 104 cm³/mol. The fourth-order valence-electron chi connectivity index (χ4n) is 2.38. The second-order valence-corrected chi connectivity index (χ2v) is 6.25. The van der Waals surface area contributed by atoms with Gasteiger partial charge >= 0.3 is 0 Å². The lowest BCUT2D eigenvalue weighted by atomic mass is 10.0. The van der Waals surface area contributed by atoms with E-state index in [1.807, 2.05) is 48.5 Å². The Kier molecular flexibility index (Phi) is 8.46. The van der Waals surface area contributed by atoms with Gasteiger partial charge in [-0.15, -0.1) is 12.4 Å². The van der Waals surface area contributed by atoms with Gasteiger partial charge < -0.3 is 15.8 Å². The highest BCUT2D eigenvalue weighted by Gasteiger charge is 2.16. The molecule has 0 bridgehead atoms. The highest BCUT2D eigenvalue weighted by Crippen LogP contribution is 2.21. The number of nitrogens with two attached hydrogens (primary N) is 1. The van der Waals surface area contributed by atoms with E-state index in [0.29, 0.717) is 18.2 Å². The first kappa shape index (κ1) is 21.0. The molecule has 1 amide bonds. The zero-order chi connectivity index (χ0) is 17.5. The summed E-state index contributed by atoms with van der Waals surface area (Å²) >= 11 is 0. The predicted octanol–water partition coefficient (Wildman–Crippen LogP) is 3.82. The van der Waals surface area contributed by atoms with Crippen LogP contribution in [0.2, 0.25) is 0 Å². The van der Waals surface area contributed by atoms with Crippen LogP contribution in [0.15, 0.2) is 54.6 Å². The normalized spacial score (nSPS) is 12.8. The molecule has 0 saturated heterocycles. The van der Waals surface area contributed by atoms with E-state index < -0.39 is 6.10 Å². The van der Waals surface area contributed by atoms with Crippen LogP contribution in [0, 0.1) is 0 Å². The van der Waals surface area contributed by atoms with Crippen LogP contribution in [0.5, 0.6) is 5.75 Å². The molecule has 2 unspecified atom stereocenters. The molecule has 2 aromatic rings. The Labute approximate surface area is 156 Å². The smallest absolute Gasteiger partial charge is 0.260 e. The van der Waals surface area contributed by atoms with Crippen LogP contribution in [-0.4, -0.2) is 18.6 Å². The summed E-state index contributed by atoms with van der Waals surface area (Å²) < 4.78 is 5.75. The zero-order valence-electron chi connectivity index (χ0n) is 14.9. The van der Waals surface area contributed by atoms with Crippen LogP contribution in [0.3, 0.4) is 0 Å². The van der Waals surface area contributed by atoms with E-state index in [1.54, 1.807) is 6.92 Å². The second-order valence-electron chi connectivity index (χ2n) is 6.25. The molecule has 2 rings (SSSR count). The van der Waals surface area contributed by atoms with Crippen LogP contribution in [-0.2, 0) is 4.79 Å².